The van der Waals surface area contributed by atoms with E-state index in [9.17, 15) is 9.90 Å². The Hall–Kier alpha value is -1.16. The van der Waals surface area contributed by atoms with E-state index in [2.05, 4.69) is 6.92 Å². The quantitative estimate of drug-likeness (QED) is 0.854. The zero-order chi connectivity index (χ0) is 13.0. The van der Waals surface area contributed by atoms with E-state index in [1.165, 1.54) is 18.2 Å². The fourth-order valence-corrected chi connectivity index (χ4v) is 3.08. The summed E-state index contributed by atoms with van der Waals surface area (Å²) in [6, 6.07) is 7.04. The zero-order valence-electron chi connectivity index (χ0n) is 10.6. The van der Waals surface area contributed by atoms with Crippen LogP contribution in [0.5, 0.6) is 5.75 Å². The summed E-state index contributed by atoms with van der Waals surface area (Å²) in [4.78, 5) is 14.9. The summed E-state index contributed by atoms with van der Waals surface area (Å²) in [6.07, 6.45) is 2.34. The molecule has 1 unspecified atom stereocenters. The number of benzene rings is 1. The third kappa shape index (κ3) is 3.67. The molecule has 0 spiro atoms. The molecule has 1 aromatic rings. The molecule has 0 bridgehead atoms. The predicted molar refractivity (Wildman–Crippen MR) is 73.8 cm³/mol. The van der Waals surface area contributed by atoms with Crippen LogP contribution in [-0.4, -0.2) is 34.8 Å². The highest BCUT2D eigenvalue weighted by Gasteiger charge is 2.20. The average molecular weight is 265 g/mol. The predicted octanol–water partition coefficient (Wildman–Crippen LogP) is 2.74. The van der Waals surface area contributed by atoms with Crippen molar-refractivity contribution in [1.82, 2.24) is 4.90 Å². The molecule has 1 aliphatic heterocycles. The molecule has 1 fully saturated rings. The maximum absolute atomic E-state index is 12.0. The van der Waals surface area contributed by atoms with Crippen LogP contribution in [0, 0.1) is 5.92 Å². The molecular weight excluding hydrogens is 246 g/mol. The molecule has 1 N–H and O–H groups in total. The number of piperidine rings is 1. The lowest BCUT2D eigenvalue weighted by molar-refractivity contribution is -0.130. The molecule has 1 aliphatic rings. The maximum Gasteiger partial charge on any atom is 0.232 e. The Morgan fingerprint density at radius 2 is 2.39 bits per heavy atom. The van der Waals surface area contributed by atoms with Crippen molar-refractivity contribution in [3.05, 3.63) is 24.3 Å². The minimum atomic E-state index is 0.204. The van der Waals surface area contributed by atoms with Crippen LogP contribution in [0.25, 0.3) is 0 Å². The Kier molecular flexibility index (Phi) is 4.53. The Morgan fingerprint density at radius 3 is 3.11 bits per heavy atom. The molecular formula is C14H19NO2S. The largest absolute Gasteiger partial charge is 0.508 e. The molecule has 18 heavy (non-hydrogen) atoms. The smallest absolute Gasteiger partial charge is 0.232 e. The molecule has 1 atom stereocenters. The van der Waals surface area contributed by atoms with Crippen molar-refractivity contribution < 1.29 is 9.90 Å². The van der Waals surface area contributed by atoms with Crippen molar-refractivity contribution in [2.45, 2.75) is 24.7 Å². The van der Waals surface area contributed by atoms with Gasteiger partial charge in [-0.3, -0.25) is 4.79 Å². The maximum atomic E-state index is 12.0. The summed E-state index contributed by atoms with van der Waals surface area (Å²) in [6.45, 7) is 3.98. The van der Waals surface area contributed by atoms with Gasteiger partial charge in [0, 0.05) is 18.0 Å². The Bertz CT molecular complexity index is 422. The highest BCUT2D eigenvalue weighted by atomic mass is 32.2. The molecule has 1 aromatic carbocycles. The third-order valence-corrected chi connectivity index (χ3v) is 4.17. The van der Waals surface area contributed by atoms with E-state index in [0.717, 1.165) is 24.4 Å². The number of hydrogen-bond donors (Lipinski definition) is 1. The van der Waals surface area contributed by atoms with E-state index in [4.69, 9.17) is 0 Å². The van der Waals surface area contributed by atoms with Gasteiger partial charge in [-0.25, -0.2) is 0 Å². The van der Waals surface area contributed by atoms with Crippen LogP contribution >= 0.6 is 11.8 Å². The minimum absolute atomic E-state index is 0.204. The van der Waals surface area contributed by atoms with Gasteiger partial charge in [-0.2, -0.15) is 0 Å². The molecule has 2 rings (SSSR count). The lowest BCUT2D eigenvalue weighted by Crippen LogP contribution is -2.40. The lowest BCUT2D eigenvalue weighted by atomic mass is 10.0. The summed E-state index contributed by atoms with van der Waals surface area (Å²) in [5.41, 5.74) is 0. The fourth-order valence-electron chi connectivity index (χ4n) is 2.23. The second-order valence-corrected chi connectivity index (χ2v) is 5.92. The van der Waals surface area contributed by atoms with Crippen LogP contribution in [0.4, 0.5) is 0 Å². The van der Waals surface area contributed by atoms with Gasteiger partial charge < -0.3 is 10.0 Å². The summed E-state index contributed by atoms with van der Waals surface area (Å²) in [5, 5.41) is 9.35. The number of carbonyl (C=O) groups is 1. The Labute approximate surface area is 112 Å². The zero-order valence-corrected chi connectivity index (χ0v) is 11.4. The first-order chi connectivity index (χ1) is 8.65. The van der Waals surface area contributed by atoms with Gasteiger partial charge in [-0.1, -0.05) is 13.0 Å². The number of phenols is 1. The van der Waals surface area contributed by atoms with E-state index in [1.807, 2.05) is 11.0 Å². The van der Waals surface area contributed by atoms with E-state index >= 15 is 0 Å². The number of carbonyl (C=O) groups excluding carboxylic acids is 1. The van der Waals surface area contributed by atoms with Crippen LogP contribution in [0.15, 0.2) is 29.2 Å². The van der Waals surface area contributed by atoms with Gasteiger partial charge >= 0.3 is 0 Å². The minimum Gasteiger partial charge on any atom is -0.508 e. The van der Waals surface area contributed by atoms with Crippen molar-refractivity contribution in [3.63, 3.8) is 0 Å². The van der Waals surface area contributed by atoms with Crippen LogP contribution < -0.4 is 0 Å². The van der Waals surface area contributed by atoms with Crippen LogP contribution in [0.1, 0.15) is 19.8 Å². The molecule has 3 nitrogen and oxygen atoms in total. The van der Waals surface area contributed by atoms with Crippen molar-refractivity contribution in [3.8, 4) is 5.75 Å². The van der Waals surface area contributed by atoms with E-state index in [1.54, 1.807) is 18.2 Å². The topological polar surface area (TPSA) is 40.5 Å². The number of amides is 1. The van der Waals surface area contributed by atoms with Crippen molar-refractivity contribution in [2.24, 2.45) is 5.92 Å². The molecule has 0 aromatic heterocycles. The highest BCUT2D eigenvalue weighted by molar-refractivity contribution is 8.00. The van der Waals surface area contributed by atoms with E-state index in [0.29, 0.717) is 11.7 Å². The number of thioether (sulfide) groups is 1. The highest BCUT2D eigenvalue weighted by Crippen LogP contribution is 2.23. The summed E-state index contributed by atoms with van der Waals surface area (Å²) < 4.78 is 0. The lowest BCUT2D eigenvalue weighted by Gasteiger charge is -2.30. The second kappa shape index (κ2) is 6.14. The number of rotatable bonds is 3. The standard InChI is InChI=1S/C14H19NO2S/c1-11-4-3-7-15(9-11)14(17)10-18-13-6-2-5-12(16)8-13/h2,5-6,8,11,16H,3-4,7,9-10H2,1H3. The van der Waals surface area contributed by atoms with Crippen LogP contribution in [-0.2, 0) is 4.79 Å². The molecule has 1 amide bonds. The second-order valence-electron chi connectivity index (χ2n) is 4.87. The molecule has 98 valence electrons. The summed E-state index contributed by atoms with van der Waals surface area (Å²) in [5.74, 6) is 1.53. The number of aromatic hydroxyl groups is 1. The molecule has 1 heterocycles. The van der Waals surface area contributed by atoms with E-state index < -0.39 is 0 Å². The number of hydrogen-bond acceptors (Lipinski definition) is 3. The SMILES string of the molecule is CC1CCCN(C(=O)CSc2cccc(O)c2)C1. The van der Waals surface area contributed by atoms with Crippen molar-refractivity contribution in [1.29, 1.82) is 0 Å². The number of nitrogens with zero attached hydrogens (tertiary/aromatic N) is 1. The van der Waals surface area contributed by atoms with Gasteiger partial charge in [0.05, 0.1) is 5.75 Å². The van der Waals surface area contributed by atoms with Crippen molar-refractivity contribution >= 4 is 17.7 Å². The monoisotopic (exact) mass is 265 g/mol. The molecule has 1 saturated heterocycles. The fraction of sp³-hybridized carbons (Fsp3) is 0.500. The first-order valence-corrected chi connectivity index (χ1v) is 7.33. The Balaban J connectivity index is 1.84. The first kappa shape index (κ1) is 13.3. The summed E-state index contributed by atoms with van der Waals surface area (Å²) >= 11 is 1.49. The van der Waals surface area contributed by atoms with Gasteiger partial charge in [0.1, 0.15) is 5.75 Å². The normalized spacial score (nSPS) is 19.8. The molecule has 0 aliphatic carbocycles. The molecule has 0 saturated carbocycles. The average Bonchev–Trinajstić information content (AvgIpc) is 2.36. The van der Waals surface area contributed by atoms with Gasteiger partial charge in [-0.15, -0.1) is 11.8 Å². The first-order valence-electron chi connectivity index (χ1n) is 6.35. The van der Waals surface area contributed by atoms with Gasteiger partial charge in [0.2, 0.25) is 5.91 Å². The van der Waals surface area contributed by atoms with Gasteiger partial charge in [0.25, 0.3) is 0 Å². The third-order valence-electron chi connectivity index (χ3n) is 3.19. The number of phenolic OH excluding ortho intramolecular Hbond substituents is 1. The van der Waals surface area contributed by atoms with E-state index in [-0.39, 0.29) is 11.7 Å². The van der Waals surface area contributed by atoms with Crippen LogP contribution in [0.2, 0.25) is 0 Å². The number of likely N-dealkylation sites (tertiary alicyclic amines) is 1. The van der Waals surface area contributed by atoms with Gasteiger partial charge in [0.15, 0.2) is 0 Å². The van der Waals surface area contributed by atoms with Crippen LogP contribution in [0.3, 0.4) is 0 Å². The molecule has 4 heteroatoms. The van der Waals surface area contributed by atoms with Gasteiger partial charge in [-0.05, 0) is 37.0 Å². The molecule has 0 radical (unpaired) electrons. The summed E-state index contributed by atoms with van der Waals surface area (Å²) in [7, 11) is 0. The van der Waals surface area contributed by atoms with Crippen molar-refractivity contribution in [2.75, 3.05) is 18.8 Å². The Morgan fingerprint density at radius 1 is 1.56 bits per heavy atom.